The Kier molecular flexibility index (Phi) is 4.43. The number of aryl methyl sites for hydroxylation is 1. The smallest absolute Gasteiger partial charge is 0.0674 e. The average Bonchev–Trinajstić information content (AvgIpc) is 3.05. The Morgan fingerprint density at radius 3 is 2.57 bits per heavy atom. The third-order valence-corrected chi connectivity index (χ3v) is 4.36. The van der Waals surface area contributed by atoms with Crippen molar-refractivity contribution in [2.75, 3.05) is 0 Å². The molecule has 0 fully saturated rings. The Balaban J connectivity index is 1.78. The summed E-state index contributed by atoms with van der Waals surface area (Å²) in [5, 5.41) is 5.74. The molecule has 0 spiro atoms. The molecule has 0 aliphatic heterocycles. The van der Waals surface area contributed by atoms with E-state index in [4.69, 9.17) is 0 Å². The van der Waals surface area contributed by atoms with E-state index in [2.05, 4.69) is 77.2 Å². The van der Waals surface area contributed by atoms with Gasteiger partial charge in [0.15, 0.2) is 0 Å². The van der Waals surface area contributed by atoms with Crippen LogP contribution in [0.15, 0.2) is 66.2 Å². The zero-order valence-corrected chi connectivity index (χ0v) is 12.8. The summed E-state index contributed by atoms with van der Waals surface area (Å²) in [5.74, 6) is 0. The van der Waals surface area contributed by atoms with E-state index in [1.807, 2.05) is 6.20 Å². The lowest BCUT2D eigenvalue weighted by atomic mass is 10.1. The zero-order chi connectivity index (χ0) is 14.5. The van der Waals surface area contributed by atoms with Gasteiger partial charge in [-0.1, -0.05) is 42.5 Å². The summed E-state index contributed by atoms with van der Waals surface area (Å²) in [4.78, 5) is 5.79. The lowest BCUT2D eigenvalue weighted by Gasteiger charge is -2.18. The van der Waals surface area contributed by atoms with Crippen molar-refractivity contribution >= 4 is 11.3 Å². The molecule has 0 bridgehead atoms. The summed E-state index contributed by atoms with van der Waals surface area (Å²) in [7, 11) is 0. The molecule has 21 heavy (non-hydrogen) atoms. The first-order valence-corrected chi connectivity index (χ1v) is 7.94. The molecule has 2 nitrogen and oxygen atoms in total. The fourth-order valence-corrected chi connectivity index (χ4v) is 3.12. The minimum atomic E-state index is 0.217. The highest BCUT2D eigenvalue weighted by molar-refractivity contribution is 7.10. The van der Waals surface area contributed by atoms with Gasteiger partial charge in [0.05, 0.1) is 11.7 Å². The maximum Gasteiger partial charge on any atom is 0.0674 e. The first kappa shape index (κ1) is 14.0. The Morgan fingerprint density at radius 1 is 1.05 bits per heavy atom. The minimum Gasteiger partial charge on any atom is -0.300 e. The van der Waals surface area contributed by atoms with E-state index < -0.39 is 0 Å². The van der Waals surface area contributed by atoms with Gasteiger partial charge in [0.2, 0.25) is 0 Å². The molecule has 0 saturated heterocycles. The van der Waals surface area contributed by atoms with Crippen LogP contribution < -0.4 is 5.32 Å². The molecule has 1 atom stereocenters. The van der Waals surface area contributed by atoms with E-state index >= 15 is 0 Å². The zero-order valence-electron chi connectivity index (χ0n) is 12.0. The van der Waals surface area contributed by atoms with Crippen LogP contribution >= 0.6 is 11.3 Å². The van der Waals surface area contributed by atoms with Gasteiger partial charge in [-0.15, -0.1) is 11.3 Å². The SMILES string of the molecule is Cc1ccc(CNC(c2ccccc2)c2cccs2)nc1. The van der Waals surface area contributed by atoms with Crippen molar-refractivity contribution in [2.45, 2.75) is 19.5 Å². The molecule has 0 amide bonds. The predicted octanol–water partition coefficient (Wildman–Crippen LogP) is 4.33. The quantitative estimate of drug-likeness (QED) is 0.757. The number of nitrogens with zero attached hydrogens (tertiary/aromatic N) is 1. The molecule has 1 N–H and O–H groups in total. The maximum absolute atomic E-state index is 4.47. The van der Waals surface area contributed by atoms with Crippen LogP contribution in [-0.2, 0) is 6.54 Å². The molecule has 0 radical (unpaired) electrons. The highest BCUT2D eigenvalue weighted by Crippen LogP contribution is 2.26. The average molecular weight is 294 g/mol. The van der Waals surface area contributed by atoms with Gasteiger partial charge in [0.25, 0.3) is 0 Å². The number of rotatable bonds is 5. The van der Waals surface area contributed by atoms with Crippen LogP contribution in [0.3, 0.4) is 0 Å². The van der Waals surface area contributed by atoms with E-state index in [-0.39, 0.29) is 6.04 Å². The van der Waals surface area contributed by atoms with Crippen molar-refractivity contribution in [2.24, 2.45) is 0 Å². The number of pyridine rings is 1. The molecule has 1 unspecified atom stereocenters. The van der Waals surface area contributed by atoms with Crippen LogP contribution in [-0.4, -0.2) is 4.98 Å². The van der Waals surface area contributed by atoms with E-state index in [9.17, 15) is 0 Å². The van der Waals surface area contributed by atoms with Crippen LogP contribution in [0.4, 0.5) is 0 Å². The number of benzene rings is 1. The molecule has 0 aliphatic rings. The number of thiophene rings is 1. The highest BCUT2D eigenvalue weighted by Gasteiger charge is 2.14. The Morgan fingerprint density at radius 2 is 1.90 bits per heavy atom. The number of nitrogens with one attached hydrogen (secondary N) is 1. The van der Waals surface area contributed by atoms with Crippen LogP contribution in [0.2, 0.25) is 0 Å². The lowest BCUT2D eigenvalue weighted by molar-refractivity contribution is 0.604. The molecule has 2 aromatic heterocycles. The first-order chi connectivity index (χ1) is 10.3. The topological polar surface area (TPSA) is 24.9 Å². The van der Waals surface area contributed by atoms with E-state index in [1.54, 1.807) is 11.3 Å². The molecule has 2 heterocycles. The lowest BCUT2D eigenvalue weighted by Crippen LogP contribution is -2.21. The van der Waals surface area contributed by atoms with E-state index in [0.29, 0.717) is 0 Å². The second kappa shape index (κ2) is 6.66. The summed E-state index contributed by atoms with van der Waals surface area (Å²) in [6.45, 7) is 2.82. The van der Waals surface area contributed by atoms with Crippen molar-refractivity contribution < 1.29 is 0 Å². The van der Waals surface area contributed by atoms with Crippen LogP contribution in [0, 0.1) is 6.92 Å². The standard InChI is InChI=1S/C18H18N2S/c1-14-9-10-16(19-12-14)13-20-18(17-8-5-11-21-17)15-6-3-2-4-7-15/h2-12,18,20H,13H2,1H3. The molecule has 0 saturated carbocycles. The van der Waals surface area contributed by atoms with Gasteiger partial charge in [-0.3, -0.25) is 10.3 Å². The summed E-state index contributed by atoms with van der Waals surface area (Å²) in [6, 6.07) is 19.2. The highest BCUT2D eigenvalue weighted by atomic mass is 32.1. The fraction of sp³-hybridized carbons (Fsp3) is 0.167. The molecule has 3 heteroatoms. The van der Waals surface area contributed by atoms with Crippen molar-refractivity contribution in [3.63, 3.8) is 0 Å². The molecule has 106 valence electrons. The second-order valence-electron chi connectivity index (χ2n) is 5.07. The fourth-order valence-electron chi connectivity index (χ4n) is 2.29. The Labute approximate surface area is 129 Å². The third kappa shape index (κ3) is 3.57. The number of aromatic nitrogens is 1. The molecule has 3 rings (SSSR count). The van der Waals surface area contributed by atoms with E-state index in [1.165, 1.54) is 16.0 Å². The number of hydrogen-bond donors (Lipinski definition) is 1. The molecule has 0 aliphatic carbocycles. The largest absolute Gasteiger partial charge is 0.300 e. The second-order valence-corrected chi connectivity index (χ2v) is 6.05. The minimum absolute atomic E-state index is 0.217. The van der Waals surface area contributed by atoms with Gasteiger partial charge in [-0.05, 0) is 35.6 Å². The van der Waals surface area contributed by atoms with Crippen molar-refractivity contribution in [1.29, 1.82) is 0 Å². The number of hydrogen-bond acceptors (Lipinski definition) is 3. The molecular weight excluding hydrogens is 276 g/mol. The van der Waals surface area contributed by atoms with E-state index in [0.717, 1.165) is 12.2 Å². The van der Waals surface area contributed by atoms with Crippen molar-refractivity contribution in [1.82, 2.24) is 10.3 Å². The first-order valence-electron chi connectivity index (χ1n) is 7.06. The summed E-state index contributed by atoms with van der Waals surface area (Å²) in [5.41, 5.74) is 3.54. The van der Waals surface area contributed by atoms with Gasteiger partial charge in [0.1, 0.15) is 0 Å². The monoisotopic (exact) mass is 294 g/mol. The maximum atomic E-state index is 4.47. The molecule has 1 aromatic carbocycles. The van der Waals surface area contributed by atoms with Crippen LogP contribution in [0.5, 0.6) is 0 Å². The summed E-state index contributed by atoms with van der Waals surface area (Å²) < 4.78 is 0. The Bertz CT molecular complexity index is 660. The molecular formula is C18H18N2S. The van der Waals surface area contributed by atoms with Crippen molar-refractivity contribution in [3.05, 3.63) is 87.9 Å². The molecule has 3 aromatic rings. The van der Waals surface area contributed by atoms with Gasteiger partial charge < -0.3 is 0 Å². The van der Waals surface area contributed by atoms with Gasteiger partial charge >= 0.3 is 0 Å². The third-order valence-electron chi connectivity index (χ3n) is 3.42. The van der Waals surface area contributed by atoms with Crippen molar-refractivity contribution in [3.8, 4) is 0 Å². The Hall–Kier alpha value is -1.97. The summed E-state index contributed by atoms with van der Waals surface area (Å²) >= 11 is 1.78. The predicted molar refractivity (Wildman–Crippen MR) is 88.4 cm³/mol. The van der Waals surface area contributed by atoms with Gasteiger partial charge in [0, 0.05) is 17.6 Å². The summed E-state index contributed by atoms with van der Waals surface area (Å²) in [6.07, 6.45) is 1.92. The van der Waals surface area contributed by atoms with Gasteiger partial charge in [-0.2, -0.15) is 0 Å². The van der Waals surface area contributed by atoms with Crippen LogP contribution in [0.25, 0.3) is 0 Å². The van der Waals surface area contributed by atoms with Gasteiger partial charge in [-0.25, -0.2) is 0 Å². The van der Waals surface area contributed by atoms with Crippen LogP contribution in [0.1, 0.15) is 27.7 Å². The normalized spacial score (nSPS) is 12.2.